The van der Waals surface area contributed by atoms with Gasteiger partial charge in [0.05, 0.1) is 18.7 Å². The molecule has 0 aromatic heterocycles. The summed E-state index contributed by atoms with van der Waals surface area (Å²) in [6.07, 6.45) is 4.81. The number of nitrogens with zero attached hydrogens (tertiary/aromatic N) is 2. The van der Waals surface area contributed by atoms with Crippen molar-refractivity contribution in [1.29, 1.82) is 0 Å². The van der Waals surface area contributed by atoms with Gasteiger partial charge in [-0.05, 0) is 43.2 Å². The number of anilines is 2. The van der Waals surface area contributed by atoms with E-state index in [-0.39, 0.29) is 24.4 Å². The molecule has 1 aliphatic heterocycles. The zero-order chi connectivity index (χ0) is 22.1. The van der Waals surface area contributed by atoms with Crippen molar-refractivity contribution in [3.8, 4) is 0 Å². The first-order valence-corrected chi connectivity index (χ1v) is 10.9. The number of benzene rings is 1. The van der Waals surface area contributed by atoms with Crippen LogP contribution >= 0.6 is 23.8 Å². The van der Waals surface area contributed by atoms with Crippen LogP contribution in [-0.4, -0.2) is 48.0 Å². The van der Waals surface area contributed by atoms with Gasteiger partial charge in [-0.2, -0.15) is 0 Å². The minimum Gasteiger partial charge on any atom is -0.442 e. The van der Waals surface area contributed by atoms with E-state index in [4.69, 9.17) is 28.6 Å². The number of amides is 3. The third kappa shape index (κ3) is 4.80. The Balaban J connectivity index is 1.36. The third-order valence-corrected chi connectivity index (χ3v) is 6.01. The molecule has 0 spiro atoms. The number of allylic oxidation sites excluding steroid dienone is 3. The molecule has 1 unspecified atom stereocenters. The Morgan fingerprint density at radius 3 is 2.65 bits per heavy atom. The third-order valence-electron chi connectivity index (χ3n) is 5.36. The fourth-order valence-electron chi connectivity index (χ4n) is 3.69. The van der Waals surface area contributed by atoms with Crippen LogP contribution in [-0.2, 0) is 14.3 Å². The van der Waals surface area contributed by atoms with Crippen LogP contribution in [0.15, 0.2) is 47.0 Å². The molecule has 3 amide bonds. The van der Waals surface area contributed by atoms with Gasteiger partial charge in [-0.15, -0.1) is 0 Å². The maximum absolute atomic E-state index is 12.4. The van der Waals surface area contributed by atoms with Gasteiger partial charge in [-0.25, -0.2) is 4.79 Å². The summed E-state index contributed by atoms with van der Waals surface area (Å²) in [6.45, 7) is 2.03. The van der Waals surface area contributed by atoms with Crippen molar-refractivity contribution in [3.05, 3.63) is 47.0 Å². The van der Waals surface area contributed by atoms with Crippen molar-refractivity contribution in [2.75, 3.05) is 22.9 Å². The molecule has 31 heavy (non-hydrogen) atoms. The van der Waals surface area contributed by atoms with Crippen LogP contribution in [0.1, 0.15) is 26.2 Å². The molecule has 1 atom stereocenters. The second-order valence-electron chi connectivity index (χ2n) is 7.74. The number of ether oxygens (including phenoxy) is 1. The Labute approximate surface area is 190 Å². The Hall–Kier alpha value is -2.71. The van der Waals surface area contributed by atoms with Crippen molar-refractivity contribution < 1.29 is 19.1 Å². The lowest BCUT2D eigenvalue weighted by atomic mass is 10.0. The number of hydrogen-bond donors (Lipinski definition) is 1. The van der Waals surface area contributed by atoms with Crippen molar-refractivity contribution >= 4 is 58.0 Å². The van der Waals surface area contributed by atoms with Crippen LogP contribution in [0.25, 0.3) is 0 Å². The molecule has 0 radical (unpaired) electrons. The Kier molecular flexibility index (Phi) is 6.11. The Morgan fingerprint density at radius 1 is 1.29 bits per heavy atom. The molecule has 1 heterocycles. The number of nitrogens with one attached hydrogen (secondary N) is 1. The average Bonchev–Trinajstić information content (AvgIpc) is 3.49. The van der Waals surface area contributed by atoms with Crippen LogP contribution in [0, 0.1) is 0 Å². The van der Waals surface area contributed by atoms with E-state index >= 15 is 0 Å². The summed E-state index contributed by atoms with van der Waals surface area (Å²) in [6, 6.07) is 7.55. The van der Waals surface area contributed by atoms with Gasteiger partial charge in [0.2, 0.25) is 5.91 Å². The fraction of sp³-hybridized carbons (Fsp3) is 0.364. The average molecular weight is 460 g/mol. The van der Waals surface area contributed by atoms with Crippen LogP contribution < -0.4 is 15.1 Å². The molecule has 162 valence electrons. The highest BCUT2D eigenvalue weighted by Gasteiger charge is 2.34. The van der Waals surface area contributed by atoms with Gasteiger partial charge in [-0.3, -0.25) is 14.5 Å². The van der Waals surface area contributed by atoms with Crippen LogP contribution in [0.3, 0.4) is 0 Å². The molecule has 9 heteroatoms. The summed E-state index contributed by atoms with van der Waals surface area (Å²) >= 11 is 11.2. The van der Waals surface area contributed by atoms with Gasteiger partial charge in [-0.1, -0.05) is 29.9 Å². The first kappa shape index (κ1) is 21.5. The predicted molar refractivity (Wildman–Crippen MR) is 122 cm³/mol. The minimum atomic E-state index is -0.486. The van der Waals surface area contributed by atoms with E-state index in [0.29, 0.717) is 34.1 Å². The normalized spacial score (nSPS) is 20.7. The highest BCUT2D eigenvalue weighted by molar-refractivity contribution is 7.81. The van der Waals surface area contributed by atoms with Gasteiger partial charge in [0.15, 0.2) is 0 Å². The maximum atomic E-state index is 12.4. The van der Waals surface area contributed by atoms with Gasteiger partial charge in [0, 0.05) is 40.7 Å². The lowest BCUT2D eigenvalue weighted by Crippen LogP contribution is -2.36. The number of thiocarbonyl (C=S) groups is 1. The molecular weight excluding hydrogens is 438 g/mol. The lowest BCUT2D eigenvalue weighted by Gasteiger charge is -2.22. The smallest absolute Gasteiger partial charge is 0.414 e. The van der Waals surface area contributed by atoms with E-state index in [1.165, 1.54) is 4.90 Å². The lowest BCUT2D eigenvalue weighted by molar-refractivity contribution is -0.117. The first-order valence-electron chi connectivity index (χ1n) is 10.1. The summed E-state index contributed by atoms with van der Waals surface area (Å²) in [5, 5.41) is 3.24. The maximum Gasteiger partial charge on any atom is 0.414 e. The fourth-order valence-corrected chi connectivity index (χ4v) is 4.11. The van der Waals surface area contributed by atoms with E-state index < -0.39 is 12.2 Å². The van der Waals surface area contributed by atoms with Gasteiger partial charge in [0.25, 0.3) is 5.91 Å². The zero-order valence-electron chi connectivity index (χ0n) is 17.0. The van der Waals surface area contributed by atoms with E-state index in [1.807, 2.05) is 12.1 Å². The number of carbonyl (C=O) groups excluding carboxylic acids is 3. The summed E-state index contributed by atoms with van der Waals surface area (Å²) in [4.78, 5) is 40.5. The Morgan fingerprint density at radius 2 is 2.00 bits per heavy atom. The van der Waals surface area contributed by atoms with Gasteiger partial charge in [0.1, 0.15) is 6.10 Å². The van der Waals surface area contributed by atoms with E-state index in [9.17, 15) is 14.4 Å². The van der Waals surface area contributed by atoms with Crippen LogP contribution in [0.5, 0.6) is 0 Å². The molecule has 4 rings (SSSR count). The van der Waals surface area contributed by atoms with Gasteiger partial charge < -0.3 is 15.0 Å². The summed E-state index contributed by atoms with van der Waals surface area (Å²) in [7, 11) is 0. The van der Waals surface area contributed by atoms with Crippen molar-refractivity contribution in [2.24, 2.45) is 0 Å². The molecule has 7 nitrogen and oxygen atoms in total. The quantitative estimate of drug-likeness (QED) is 0.659. The number of cyclic esters (lactones) is 1. The molecule has 1 N–H and O–H groups in total. The second-order valence-corrected chi connectivity index (χ2v) is 8.67. The topological polar surface area (TPSA) is 79.0 Å². The predicted octanol–water partition coefficient (Wildman–Crippen LogP) is 3.47. The monoisotopic (exact) mass is 459 g/mol. The summed E-state index contributed by atoms with van der Waals surface area (Å²) in [5.41, 5.74) is 1.86. The highest BCUT2D eigenvalue weighted by Crippen LogP contribution is 2.33. The van der Waals surface area contributed by atoms with Crippen molar-refractivity contribution in [1.82, 2.24) is 5.32 Å². The zero-order valence-corrected chi connectivity index (χ0v) is 18.5. The molecule has 1 saturated carbocycles. The molecule has 0 bridgehead atoms. The Bertz CT molecular complexity index is 1000. The summed E-state index contributed by atoms with van der Waals surface area (Å²) < 4.78 is 5.40. The van der Waals surface area contributed by atoms with Crippen LogP contribution in [0.2, 0.25) is 0 Å². The molecule has 1 saturated heterocycles. The van der Waals surface area contributed by atoms with E-state index in [1.54, 1.807) is 36.1 Å². The second kappa shape index (κ2) is 8.80. The minimum absolute atomic E-state index is 0.0102. The van der Waals surface area contributed by atoms with Crippen molar-refractivity contribution in [3.63, 3.8) is 0 Å². The highest BCUT2D eigenvalue weighted by atomic mass is 35.5. The van der Waals surface area contributed by atoms with E-state index in [2.05, 4.69) is 5.32 Å². The number of halogens is 1. The molecular formula is C22H22ClN3O4S. The standard InChI is InChI=1S/C22H22ClN3O4S/c1-13(27)26(17-7-8-17)16-5-3-15(4-6-16)25-12-18(30-22(25)29)11-24-21(28)19-10-14(23)2-9-20(19)31/h2-6,10,17-18H,7-9,11-12H2,1H3,(H,24,28). The summed E-state index contributed by atoms with van der Waals surface area (Å²) in [5.74, 6) is -0.324. The van der Waals surface area contributed by atoms with E-state index in [0.717, 1.165) is 18.5 Å². The first-order chi connectivity index (χ1) is 14.8. The van der Waals surface area contributed by atoms with Gasteiger partial charge >= 0.3 is 6.09 Å². The number of carbonyl (C=O) groups is 3. The SMILES string of the molecule is CC(=O)N(c1ccc(N2CC(CNC(=O)C3=CC(Cl)=CCC3=S)OC2=O)cc1)C1CC1. The number of rotatable bonds is 6. The number of hydrogen-bond acceptors (Lipinski definition) is 5. The molecule has 1 aromatic carbocycles. The largest absolute Gasteiger partial charge is 0.442 e. The van der Waals surface area contributed by atoms with Crippen LogP contribution in [0.4, 0.5) is 16.2 Å². The molecule has 3 aliphatic rings. The molecule has 2 aliphatic carbocycles. The molecule has 1 aromatic rings. The molecule has 2 fully saturated rings. The van der Waals surface area contributed by atoms with Crippen molar-refractivity contribution in [2.45, 2.75) is 38.3 Å².